The first-order valence-corrected chi connectivity index (χ1v) is 11.0. The third kappa shape index (κ3) is 6.57. The first-order chi connectivity index (χ1) is 17.6. The van der Waals surface area contributed by atoms with Crippen LogP contribution in [0.15, 0.2) is 46.4 Å². The van der Waals surface area contributed by atoms with Gasteiger partial charge in [-0.1, -0.05) is 6.07 Å². The Balaban J connectivity index is 1.76. The van der Waals surface area contributed by atoms with Gasteiger partial charge in [0.1, 0.15) is 17.2 Å². The molecule has 0 aliphatic carbocycles. The first-order valence-electron chi connectivity index (χ1n) is 11.0. The monoisotopic (exact) mass is 519 g/mol. The van der Waals surface area contributed by atoms with Crippen LogP contribution >= 0.6 is 0 Å². The van der Waals surface area contributed by atoms with E-state index in [0.29, 0.717) is 6.07 Å². The molecule has 0 saturated carbocycles. The maximum Gasteiger partial charge on any atom is 0.306 e. The summed E-state index contributed by atoms with van der Waals surface area (Å²) in [6, 6.07) is 2.87. The highest BCUT2D eigenvalue weighted by Crippen LogP contribution is 2.14. The Morgan fingerprint density at radius 3 is 2.54 bits per heavy atom. The minimum atomic E-state index is -1.12. The normalized spacial score (nSPS) is 10.8. The number of aliphatic carboxylic acids is 1. The summed E-state index contributed by atoms with van der Waals surface area (Å²) in [6.07, 6.45) is 3.60. The van der Waals surface area contributed by atoms with Crippen molar-refractivity contribution < 1.29 is 37.7 Å². The molecule has 13 heteroatoms. The average Bonchev–Trinajstić information content (AvgIpc) is 2.85. The van der Waals surface area contributed by atoms with Gasteiger partial charge in [0.15, 0.2) is 11.3 Å². The number of rotatable bonds is 11. The van der Waals surface area contributed by atoms with Gasteiger partial charge in [0.25, 0.3) is 11.5 Å². The van der Waals surface area contributed by atoms with Crippen molar-refractivity contribution in [2.45, 2.75) is 32.4 Å². The number of aryl methyl sites for hydroxylation is 1. The molecule has 0 radical (unpaired) electrons. The summed E-state index contributed by atoms with van der Waals surface area (Å²) in [7, 11) is 1.17. The fourth-order valence-electron chi connectivity index (χ4n) is 3.46. The number of methoxy groups -OCH3 is 1. The Kier molecular flexibility index (Phi) is 8.72. The van der Waals surface area contributed by atoms with E-state index in [1.807, 2.05) is 0 Å². The average molecular weight is 519 g/mol. The Morgan fingerprint density at radius 2 is 1.86 bits per heavy atom. The van der Waals surface area contributed by atoms with Crippen molar-refractivity contribution in [3.8, 4) is 5.75 Å². The number of fused-ring (bicyclic) bond motifs is 1. The van der Waals surface area contributed by atoms with E-state index >= 15 is 0 Å². The molecule has 2 N–H and O–H groups in total. The zero-order chi connectivity index (χ0) is 27.1. The second kappa shape index (κ2) is 11.9. The number of nitrogens with one attached hydrogen (secondary N) is 1. The number of carbonyl (C=O) groups excluding carboxylic acids is 2. The molecule has 1 aromatic carbocycles. The number of pyridine rings is 1. The zero-order valence-corrected chi connectivity index (χ0v) is 19.7. The van der Waals surface area contributed by atoms with Gasteiger partial charge >= 0.3 is 11.9 Å². The molecular formula is C24H23F2N3O8. The van der Waals surface area contributed by atoms with Crippen molar-refractivity contribution >= 4 is 23.4 Å². The number of nitrogens with zero attached hydrogens (tertiary/aromatic N) is 2. The molecule has 0 aliphatic heterocycles. The van der Waals surface area contributed by atoms with Crippen LogP contribution in [0.4, 0.5) is 8.78 Å². The summed E-state index contributed by atoms with van der Waals surface area (Å²) in [4.78, 5) is 60.6. The van der Waals surface area contributed by atoms with E-state index in [2.05, 4.69) is 5.32 Å². The Hall–Kier alpha value is -4.55. The molecule has 0 saturated heterocycles. The van der Waals surface area contributed by atoms with E-state index in [1.165, 1.54) is 28.5 Å². The lowest BCUT2D eigenvalue weighted by Gasteiger charge is -2.13. The summed E-state index contributed by atoms with van der Waals surface area (Å²) < 4.78 is 39.5. The number of benzene rings is 1. The summed E-state index contributed by atoms with van der Waals surface area (Å²) in [5.41, 5.74) is -1.94. The zero-order valence-electron chi connectivity index (χ0n) is 19.7. The van der Waals surface area contributed by atoms with Crippen LogP contribution in [0, 0.1) is 11.6 Å². The number of halogens is 2. The number of esters is 1. The minimum Gasteiger partial charge on any atom is -0.491 e. The number of ether oxygens (including phenoxy) is 2. The van der Waals surface area contributed by atoms with E-state index in [4.69, 9.17) is 14.6 Å². The standard InChI is InChI=1S/C24H23F2N3O8/c1-36-22-20-24(35)28(7-2-10-37-19(32)6-5-18(30)31)8-9-29(20)13-16(21(22)33)23(34)27-12-14-3-4-15(25)11-17(14)26/h3-4,8-9,11,13H,2,5-7,10,12H2,1H3,(H,27,34)(H,30,31). The summed E-state index contributed by atoms with van der Waals surface area (Å²) >= 11 is 0. The molecule has 3 aromatic rings. The van der Waals surface area contributed by atoms with Crippen molar-refractivity contribution in [2.24, 2.45) is 0 Å². The van der Waals surface area contributed by atoms with Gasteiger partial charge < -0.3 is 28.9 Å². The number of carboxylic acids is 1. The fraction of sp³-hybridized carbons (Fsp3) is 0.292. The van der Waals surface area contributed by atoms with Gasteiger partial charge in [-0.15, -0.1) is 0 Å². The van der Waals surface area contributed by atoms with Crippen molar-refractivity contribution in [1.29, 1.82) is 0 Å². The topological polar surface area (TPSA) is 145 Å². The largest absolute Gasteiger partial charge is 0.491 e. The van der Waals surface area contributed by atoms with Crippen molar-refractivity contribution in [1.82, 2.24) is 14.3 Å². The maximum absolute atomic E-state index is 13.8. The molecule has 2 heterocycles. The lowest BCUT2D eigenvalue weighted by Crippen LogP contribution is -2.32. The van der Waals surface area contributed by atoms with E-state index in [9.17, 15) is 32.8 Å². The van der Waals surface area contributed by atoms with Crippen LogP contribution in [0.1, 0.15) is 35.2 Å². The van der Waals surface area contributed by atoms with Gasteiger partial charge in [-0.25, -0.2) is 8.78 Å². The van der Waals surface area contributed by atoms with E-state index < -0.39 is 40.5 Å². The molecule has 0 atom stereocenters. The Morgan fingerprint density at radius 1 is 1.11 bits per heavy atom. The second-order valence-corrected chi connectivity index (χ2v) is 7.84. The van der Waals surface area contributed by atoms with Gasteiger partial charge in [0.05, 0.1) is 26.6 Å². The molecule has 11 nitrogen and oxygen atoms in total. The summed E-state index contributed by atoms with van der Waals surface area (Å²) in [5, 5.41) is 11.0. The summed E-state index contributed by atoms with van der Waals surface area (Å²) in [6.45, 7) is -0.240. The molecule has 3 rings (SSSR count). The Labute approximate surface area is 207 Å². The molecule has 0 aliphatic rings. The Bertz CT molecular complexity index is 1460. The number of carbonyl (C=O) groups is 3. The number of hydrogen-bond acceptors (Lipinski definition) is 7. The van der Waals surface area contributed by atoms with Crippen LogP contribution in [0.25, 0.3) is 5.52 Å². The van der Waals surface area contributed by atoms with E-state index in [1.54, 1.807) is 0 Å². The number of amides is 1. The SMILES string of the molecule is COc1c(=O)c(C(=O)NCc2ccc(F)cc2F)cn2ccn(CCCOC(=O)CCC(=O)O)c(=O)c12. The maximum atomic E-state index is 13.8. The fourth-order valence-corrected chi connectivity index (χ4v) is 3.46. The van der Waals surface area contributed by atoms with Crippen LogP contribution < -0.4 is 21.0 Å². The number of hydrogen-bond donors (Lipinski definition) is 2. The smallest absolute Gasteiger partial charge is 0.306 e. The van der Waals surface area contributed by atoms with Crippen LogP contribution in [-0.2, 0) is 27.4 Å². The van der Waals surface area contributed by atoms with E-state index in [-0.39, 0.29) is 61.4 Å². The van der Waals surface area contributed by atoms with Crippen LogP contribution in [-0.4, -0.2) is 45.6 Å². The third-order valence-corrected chi connectivity index (χ3v) is 5.32. The molecule has 196 valence electrons. The van der Waals surface area contributed by atoms with Gasteiger partial charge in [-0.3, -0.25) is 24.0 Å². The highest BCUT2D eigenvalue weighted by Gasteiger charge is 2.20. The molecule has 1 amide bonds. The minimum absolute atomic E-state index is 0.0121. The highest BCUT2D eigenvalue weighted by atomic mass is 19.1. The van der Waals surface area contributed by atoms with Crippen molar-refractivity contribution in [3.05, 3.63) is 80.1 Å². The van der Waals surface area contributed by atoms with Gasteiger partial charge in [0, 0.05) is 43.3 Å². The van der Waals surface area contributed by atoms with Crippen LogP contribution in [0.3, 0.4) is 0 Å². The molecule has 0 spiro atoms. The molecule has 37 heavy (non-hydrogen) atoms. The van der Waals surface area contributed by atoms with Crippen molar-refractivity contribution in [3.63, 3.8) is 0 Å². The number of carboxylic acid groups (broad SMARTS) is 1. The second-order valence-electron chi connectivity index (χ2n) is 7.84. The number of aromatic nitrogens is 2. The van der Waals surface area contributed by atoms with Gasteiger partial charge in [-0.05, 0) is 12.5 Å². The molecule has 0 fully saturated rings. The predicted molar refractivity (Wildman–Crippen MR) is 124 cm³/mol. The first kappa shape index (κ1) is 27.0. The van der Waals surface area contributed by atoms with Crippen LogP contribution in [0.2, 0.25) is 0 Å². The quantitative estimate of drug-likeness (QED) is 0.286. The van der Waals surface area contributed by atoms with Crippen molar-refractivity contribution in [2.75, 3.05) is 13.7 Å². The van der Waals surface area contributed by atoms with E-state index in [0.717, 1.165) is 18.3 Å². The third-order valence-electron chi connectivity index (χ3n) is 5.32. The highest BCUT2D eigenvalue weighted by molar-refractivity contribution is 5.95. The molecule has 2 aromatic heterocycles. The van der Waals surface area contributed by atoms with Crippen LogP contribution in [0.5, 0.6) is 5.75 Å². The lowest BCUT2D eigenvalue weighted by molar-refractivity contribution is -0.147. The van der Waals surface area contributed by atoms with Gasteiger partial charge in [0.2, 0.25) is 5.43 Å². The summed E-state index contributed by atoms with van der Waals surface area (Å²) in [5.74, 6) is -4.65. The lowest BCUT2D eigenvalue weighted by atomic mass is 10.2. The molecule has 0 bridgehead atoms. The van der Waals surface area contributed by atoms with Gasteiger partial charge in [-0.2, -0.15) is 0 Å². The predicted octanol–water partition coefficient (Wildman–Crippen LogP) is 1.48. The molecule has 0 unspecified atom stereocenters. The molecular weight excluding hydrogens is 496 g/mol.